The second-order valence-corrected chi connectivity index (χ2v) is 5.88. The number of rotatable bonds is 3. The van der Waals surface area contributed by atoms with Crippen LogP contribution >= 0.6 is 11.8 Å². The van der Waals surface area contributed by atoms with Crippen LogP contribution < -0.4 is 11.1 Å². The van der Waals surface area contributed by atoms with Crippen LogP contribution in [0.2, 0.25) is 0 Å². The van der Waals surface area contributed by atoms with E-state index < -0.39 is 12.1 Å². The second kappa shape index (κ2) is 5.30. The van der Waals surface area contributed by atoms with Gasteiger partial charge in [-0.15, -0.1) is 11.8 Å². The van der Waals surface area contributed by atoms with E-state index >= 15 is 0 Å². The first kappa shape index (κ1) is 13.2. The summed E-state index contributed by atoms with van der Waals surface area (Å²) >= 11 is 1.64. The van der Waals surface area contributed by atoms with Crippen LogP contribution in [0.3, 0.4) is 0 Å². The third-order valence-corrected chi connectivity index (χ3v) is 4.67. The number of hydrogen-bond acceptors (Lipinski definition) is 4. The Kier molecular flexibility index (Phi) is 3.50. The van der Waals surface area contributed by atoms with E-state index in [-0.39, 0.29) is 17.2 Å². The van der Waals surface area contributed by atoms with Crippen LogP contribution in [0.4, 0.5) is 0 Å². The molecule has 5 nitrogen and oxygen atoms in total. The van der Waals surface area contributed by atoms with E-state index in [9.17, 15) is 9.59 Å². The van der Waals surface area contributed by atoms with Crippen molar-refractivity contribution in [2.24, 2.45) is 5.73 Å². The smallest absolute Gasteiger partial charge is 0.253 e. The van der Waals surface area contributed by atoms with Crippen LogP contribution in [0.1, 0.15) is 11.6 Å². The van der Waals surface area contributed by atoms with E-state index in [1.807, 2.05) is 24.3 Å². The van der Waals surface area contributed by atoms with Crippen LogP contribution in [0.25, 0.3) is 0 Å². The molecule has 0 aliphatic carbocycles. The summed E-state index contributed by atoms with van der Waals surface area (Å²) in [5, 5.41) is 2.75. The summed E-state index contributed by atoms with van der Waals surface area (Å²) in [6.45, 7) is 0. The lowest BCUT2D eigenvalue weighted by Crippen LogP contribution is -2.68. The molecule has 3 N–H and O–H groups in total. The first-order valence-electron chi connectivity index (χ1n) is 6.40. The molecule has 1 aromatic carbocycles. The highest BCUT2D eigenvalue weighted by molar-refractivity contribution is 8.00. The Balaban J connectivity index is 1.65. The molecule has 3 unspecified atom stereocenters. The fourth-order valence-corrected chi connectivity index (χ4v) is 3.43. The molecule has 1 aromatic rings. The van der Waals surface area contributed by atoms with E-state index in [2.05, 4.69) is 5.32 Å². The normalized spacial score (nSPS) is 25.6. The fraction of sp³-hybridized carbons (Fsp3) is 0.286. The Hall–Kier alpha value is -1.79. The predicted octanol–water partition coefficient (Wildman–Crippen LogP) is 0.600. The van der Waals surface area contributed by atoms with Gasteiger partial charge in [-0.2, -0.15) is 0 Å². The molecule has 104 valence electrons. The molecular formula is C14H15N3O2S. The minimum atomic E-state index is -0.748. The van der Waals surface area contributed by atoms with Crippen LogP contribution in [-0.4, -0.2) is 33.9 Å². The third-order valence-electron chi connectivity index (χ3n) is 3.45. The fourth-order valence-electron chi connectivity index (χ4n) is 2.32. The van der Waals surface area contributed by atoms with Crippen molar-refractivity contribution in [3.8, 4) is 0 Å². The predicted molar refractivity (Wildman–Crippen MR) is 77.5 cm³/mol. The van der Waals surface area contributed by atoms with E-state index in [0.717, 1.165) is 11.3 Å². The molecule has 2 heterocycles. The number of nitrogens with zero attached hydrogens (tertiary/aromatic N) is 1. The number of thioether (sulfide) groups is 1. The van der Waals surface area contributed by atoms with Gasteiger partial charge in [-0.05, 0) is 5.56 Å². The summed E-state index contributed by atoms with van der Waals surface area (Å²) < 4.78 is 0. The quantitative estimate of drug-likeness (QED) is 0.799. The van der Waals surface area contributed by atoms with Gasteiger partial charge in [0.1, 0.15) is 17.5 Å². The molecule has 2 amide bonds. The summed E-state index contributed by atoms with van der Waals surface area (Å²) in [6, 6.07) is 7.93. The molecule has 0 spiro atoms. The lowest BCUT2D eigenvalue weighted by Gasteiger charge is -2.46. The number of nitrogens with two attached hydrogens (primary N) is 1. The number of benzene rings is 1. The van der Waals surface area contributed by atoms with Gasteiger partial charge >= 0.3 is 0 Å². The maximum atomic E-state index is 12.1. The van der Waals surface area contributed by atoms with Crippen molar-refractivity contribution in [2.75, 3.05) is 5.75 Å². The maximum absolute atomic E-state index is 12.1. The number of hydrogen-bond donors (Lipinski definition) is 2. The number of fused-ring (bicyclic) bond motifs is 1. The molecule has 0 aromatic heterocycles. The topological polar surface area (TPSA) is 75.4 Å². The van der Waals surface area contributed by atoms with Gasteiger partial charge in [-0.3, -0.25) is 9.59 Å². The van der Waals surface area contributed by atoms with E-state index in [0.29, 0.717) is 0 Å². The number of amides is 2. The lowest BCUT2D eigenvalue weighted by atomic mass is 10.0. The minimum absolute atomic E-state index is 0.000534. The standard InChI is InChI=1S/C14H15N3O2S/c15-10(9-5-2-1-3-6-9)12(18)16-11-13(19)17-7-4-8-20-14(11)17/h1-7,10-11,14H,8,15H2,(H,16,18). The Bertz CT molecular complexity index is 561. The monoisotopic (exact) mass is 289 g/mol. The Morgan fingerprint density at radius 1 is 1.40 bits per heavy atom. The maximum Gasteiger partial charge on any atom is 0.253 e. The molecule has 20 heavy (non-hydrogen) atoms. The van der Waals surface area contributed by atoms with Gasteiger partial charge in [0.25, 0.3) is 5.91 Å². The van der Waals surface area contributed by atoms with Crippen molar-refractivity contribution in [1.82, 2.24) is 10.2 Å². The van der Waals surface area contributed by atoms with Crippen LogP contribution in [0.5, 0.6) is 0 Å². The largest absolute Gasteiger partial charge is 0.340 e. The van der Waals surface area contributed by atoms with Crippen LogP contribution in [0, 0.1) is 0 Å². The Morgan fingerprint density at radius 2 is 2.15 bits per heavy atom. The van der Waals surface area contributed by atoms with Gasteiger partial charge in [0, 0.05) is 12.0 Å². The van der Waals surface area contributed by atoms with Gasteiger partial charge in [0.2, 0.25) is 5.91 Å². The van der Waals surface area contributed by atoms with Gasteiger partial charge in [-0.25, -0.2) is 0 Å². The van der Waals surface area contributed by atoms with Gasteiger partial charge < -0.3 is 16.0 Å². The zero-order valence-corrected chi connectivity index (χ0v) is 11.5. The summed E-state index contributed by atoms with van der Waals surface area (Å²) in [5.41, 5.74) is 6.66. The van der Waals surface area contributed by atoms with Gasteiger partial charge in [0.05, 0.1) is 0 Å². The SMILES string of the molecule is NC(C(=O)NC1C(=O)N2C=CCSC12)c1ccccc1. The highest BCUT2D eigenvalue weighted by atomic mass is 32.2. The molecule has 0 radical (unpaired) electrons. The highest BCUT2D eigenvalue weighted by Gasteiger charge is 2.48. The zero-order valence-electron chi connectivity index (χ0n) is 10.7. The Morgan fingerprint density at radius 3 is 2.90 bits per heavy atom. The molecule has 0 saturated carbocycles. The van der Waals surface area contributed by atoms with Crippen molar-refractivity contribution in [1.29, 1.82) is 0 Å². The lowest BCUT2D eigenvalue weighted by molar-refractivity contribution is -0.145. The molecular weight excluding hydrogens is 274 g/mol. The minimum Gasteiger partial charge on any atom is -0.340 e. The summed E-state index contributed by atoms with van der Waals surface area (Å²) in [5.74, 6) is 0.461. The van der Waals surface area contributed by atoms with Crippen LogP contribution in [0.15, 0.2) is 42.6 Å². The van der Waals surface area contributed by atoms with Crippen molar-refractivity contribution in [3.63, 3.8) is 0 Å². The molecule has 0 bridgehead atoms. The summed E-state index contributed by atoms with van der Waals surface area (Å²) in [6.07, 6.45) is 3.72. The van der Waals surface area contributed by atoms with Gasteiger partial charge in [0.15, 0.2) is 0 Å². The highest BCUT2D eigenvalue weighted by Crippen LogP contribution is 2.33. The first-order chi connectivity index (χ1) is 9.68. The van der Waals surface area contributed by atoms with E-state index in [1.54, 1.807) is 35.0 Å². The molecule has 2 aliphatic heterocycles. The van der Waals surface area contributed by atoms with Crippen molar-refractivity contribution in [3.05, 3.63) is 48.2 Å². The molecule has 1 fully saturated rings. The Labute approximate surface area is 121 Å². The van der Waals surface area contributed by atoms with Crippen LogP contribution in [-0.2, 0) is 9.59 Å². The summed E-state index contributed by atoms with van der Waals surface area (Å²) in [7, 11) is 0. The van der Waals surface area contributed by atoms with Crippen molar-refractivity contribution < 1.29 is 9.59 Å². The number of carbonyl (C=O) groups is 2. The van der Waals surface area contributed by atoms with Gasteiger partial charge in [-0.1, -0.05) is 36.4 Å². The van der Waals surface area contributed by atoms with Crippen molar-refractivity contribution >= 4 is 23.6 Å². The average Bonchev–Trinajstić information content (AvgIpc) is 2.52. The number of β-lactam (4-membered cyclic amide) rings is 1. The first-order valence-corrected chi connectivity index (χ1v) is 7.45. The molecule has 6 heteroatoms. The zero-order chi connectivity index (χ0) is 14.1. The second-order valence-electron chi connectivity index (χ2n) is 4.73. The molecule has 1 saturated heterocycles. The molecule has 2 aliphatic rings. The molecule has 3 rings (SSSR count). The number of carbonyl (C=O) groups excluding carboxylic acids is 2. The van der Waals surface area contributed by atoms with E-state index in [4.69, 9.17) is 5.73 Å². The average molecular weight is 289 g/mol. The van der Waals surface area contributed by atoms with E-state index in [1.165, 1.54) is 0 Å². The number of nitrogens with one attached hydrogen (secondary N) is 1. The third kappa shape index (κ3) is 2.21. The van der Waals surface area contributed by atoms with Crippen molar-refractivity contribution in [2.45, 2.75) is 17.5 Å². The summed E-state index contributed by atoms with van der Waals surface area (Å²) in [4.78, 5) is 25.7. The molecule has 3 atom stereocenters.